The van der Waals surface area contributed by atoms with Gasteiger partial charge in [0.1, 0.15) is 11.3 Å². The summed E-state index contributed by atoms with van der Waals surface area (Å²) in [5.74, 6) is 0.491. The Kier molecular flexibility index (Phi) is 2.31. The molecule has 0 unspecified atom stereocenters. The number of aliphatic imine (C=N–C) groups is 1. The van der Waals surface area contributed by atoms with Gasteiger partial charge in [0.2, 0.25) is 5.90 Å². The number of halogens is 1. The first-order valence-corrected chi connectivity index (χ1v) is 5.01. The number of hydrogen-bond donors (Lipinski definition) is 1. The lowest BCUT2D eigenvalue weighted by Crippen LogP contribution is -2.24. The molecule has 0 saturated heterocycles. The predicted octanol–water partition coefficient (Wildman–Crippen LogP) is 1.87. The van der Waals surface area contributed by atoms with E-state index in [2.05, 4.69) is 9.98 Å². The molecule has 0 atom stereocenters. The molecule has 1 aromatic rings. The first-order valence-electron chi connectivity index (χ1n) is 4.63. The third kappa shape index (κ3) is 2.04. The van der Waals surface area contributed by atoms with Crippen molar-refractivity contribution in [3.05, 3.63) is 23.0 Å². The van der Waals surface area contributed by atoms with Crippen LogP contribution in [0.15, 0.2) is 17.3 Å². The summed E-state index contributed by atoms with van der Waals surface area (Å²) in [5, 5.41) is 0.464. The minimum atomic E-state index is -0.276. The molecule has 0 saturated carbocycles. The lowest BCUT2D eigenvalue weighted by atomic mass is 10.1. The summed E-state index contributed by atoms with van der Waals surface area (Å²) in [6.45, 7) is 4.55. The molecule has 0 aromatic carbocycles. The molecule has 0 aliphatic carbocycles. The van der Waals surface area contributed by atoms with Gasteiger partial charge in [-0.25, -0.2) is 9.98 Å². The van der Waals surface area contributed by atoms with Gasteiger partial charge in [-0.1, -0.05) is 11.6 Å². The fourth-order valence-electron chi connectivity index (χ4n) is 1.32. The summed E-state index contributed by atoms with van der Waals surface area (Å²) in [6, 6.07) is 1.64. The van der Waals surface area contributed by atoms with E-state index in [1.807, 2.05) is 13.8 Å². The van der Waals surface area contributed by atoms with Gasteiger partial charge in [-0.3, -0.25) is 0 Å². The Morgan fingerprint density at radius 2 is 2.27 bits per heavy atom. The summed E-state index contributed by atoms with van der Waals surface area (Å²) in [4.78, 5) is 8.37. The Balaban J connectivity index is 2.32. The molecule has 2 rings (SSSR count). The molecule has 1 aliphatic heterocycles. The standard InChI is InChI=1S/C10H12ClN3O/c1-10(2)5-14-9(15-10)8-7(11)3-6(12)4-13-8/h3-4H,5,12H2,1-2H3. The molecule has 15 heavy (non-hydrogen) atoms. The summed E-state index contributed by atoms with van der Waals surface area (Å²) in [7, 11) is 0. The van der Waals surface area contributed by atoms with Crippen LogP contribution in [0.5, 0.6) is 0 Å². The zero-order valence-electron chi connectivity index (χ0n) is 8.62. The molecule has 0 radical (unpaired) electrons. The van der Waals surface area contributed by atoms with Crippen LogP contribution in [0.4, 0.5) is 5.69 Å². The minimum Gasteiger partial charge on any atom is -0.468 e. The van der Waals surface area contributed by atoms with Gasteiger partial charge in [-0.05, 0) is 19.9 Å². The number of rotatable bonds is 1. The summed E-state index contributed by atoms with van der Waals surface area (Å²) >= 11 is 6.00. The lowest BCUT2D eigenvalue weighted by molar-refractivity contribution is 0.131. The van der Waals surface area contributed by atoms with E-state index in [-0.39, 0.29) is 5.60 Å². The quantitative estimate of drug-likeness (QED) is 0.794. The Morgan fingerprint density at radius 3 is 2.80 bits per heavy atom. The van der Waals surface area contributed by atoms with Crippen LogP contribution in [0.25, 0.3) is 0 Å². The smallest absolute Gasteiger partial charge is 0.237 e. The molecular weight excluding hydrogens is 214 g/mol. The van der Waals surface area contributed by atoms with Gasteiger partial charge in [0, 0.05) is 0 Å². The fourth-order valence-corrected chi connectivity index (χ4v) is 1.58. The van der Waals surface area contributed by atoms with Crippen molar-refractivity contribution in [1.29, 1.82) is 0 Å². The van der Waals surface area contributed by atoms with Gasteiger partial charge < -0.3 is 10.5 Å². The van der Waals surface area contributed by atoms with Crippen LogP contribution in [0.1, 0.15) is 19.5 Å². The van der Waals surface area contributed by atoms with Crippen molar-refractivity contribution in [3.8, 4) is 0 Å². The van der Waals surface area contributed by atoms with E-state index in [1.165, 1.54) is 0 Å². The molecule has 0 amide bonds. The number of nitrogens with zero attached hydrogens (tertiary/aromatic N) is 2. The van der Waals surface area contributed by atoms with Crippen molar-refractivity contribution in [2.24, 2.45) is 4.99 Å². The topological polar surface area (TPSA) is 60.5 Å². The second-order valence-electron chi connectivity index (χ2n) is 4.08. The Labute approximate surface area is 93.1 Å². The normalized spacial score (nSPS) is 18.5. The molecule has 1 aromatic heterocycles. The average molecular weight is 226 g/mol. The van der Waals surface area contributed by atoms with Gasteiger partial charge in [0.05, 0.1) is 23.5 Å². The highest BCUT2D eigenvalue weighted by Gasteiger charge is 2.29. The molecule has 2 heterocycles. The molecule has 1 aliphatic rings. The van der Waals surface area contributed by atoms with E-state index in [0.29, 0.717) is 28.8 Å². The van der Waals surface area contributed by atoms with E-state index < -0.39 is 0 Å². The van der Waals surface area contributed by atoms with E-state index >= 15 is 0 Å². The van der Waals surface area contributed by atoms with Crippen LogP contribution in [-0.2, 0) is 4.74 Å². The van der Waals surface area contributed by atoms with Crippen LogP contribution in [0, 0.1) is 0 Å². The van der Waals surface area contributed by atoms with E-state index in [4.69, 9.17) is 22.1 Å². The highest BCUT2D eigenvalue weighted by molar-refractivity contribution is 6.33. The number of aromatic nitrogens is 1. The third-order valence-corrected chi connectivity index (χ3v) is 2.33. The zero-order chi connectivity index (χ0) is 11.1. The maximum Gasteiger partial charge on any atom is 0.237 e. The van der Waals surface area contributed by atoms with Crippen LogP contribution < -0.4 is 5.73 Å². The van der Waals surface area contributed by atoms with Crippen molar-refractivity contribution in [2.75, 3.05) is 12.3 Å². The maximum absolute atomic E-state index is 6.00. The number of nitrogen functional groups attached to an aromatic ring is 1. The van der Waals surface area contributed by atoms with Gasteiger partial charge in [0.25, 0.3) is 0 Å². The molecule has 0 fully saturated rings. The zero-order valence-corrected chi connectivity index (χ0v) is 9.38. The first-order chi connectivity index (χ1) is 6.98. The first kappa shape index (κ1) is 10.2. The van der Waals surface area contributed by atoms with Gasteiger partial charge in [0.15, 0.2) is 0 Å². The van der Waals surface area contributed by atoms with Crippen molar-refractivity contribution in [3.63, 3.8) is 0 Å². The molecule has 0 spiro atoms. The average Bonchev–Trinajstić information content (AvgIpc) is 2.46. The summed E-state index contributed by atoms with van der Waals surface area (Å²) < 4.78 is 5.62. The monoisotopic (exact) mass is 225 g/mol. The highest BCUT2D eigenvalue weighted by atomic mass is 35.5. The molecule has 80 valence electrons. The lowest BCUT2D eigenvalue weighted by Gasteiger charge is -2.17. The van der Waals surface area contributed by atoms with Crippen LogP contribution in [0.2, 0.25) is 5.02 Å². The second-order valence-corrected chi connectivity index (χ2v) is 4.49. The predicted molar refractivity (Wildman–Crippen MR) is 60.2 cm³/mol. The van der Waals surface area contributed by atoms with Crippen molar-refractivity contribution in [1.82, 2.24) is 4.98 Å². The van der Waals surface area contributed by atoms with Crippen molar-refractivity contribution >= 4 is 23.2 Å². The maximum atomic E-state index is 6.00. The largest absolute Gasteiger partial charge is 0.468 e. The number of hydrogen-bond acceptors (Lipinski definition) is 4. The molecule has 5 heteroatoms. The molecule has 4 nitrogen and oxygen atoms in total. The third-order valence-electron chi connectivity index (χ3n) is 2.04. The number of ether oxygens (including phenoxy) is 1. The van der Waals surface area contributed by atoms with Gasteiger partial charge in [-0.15, -0.1) is 0 Å². The van der Waals surface area contributed by atoms with Gasteiger partial charge in [-0.2, -0.15) is 0 Å². The van der Waals surface area contributed by atoms with E-state index in [9.17, 15) is 0 Å². The summed E-state index contributed by atoms with van der Waals surface area (Å²) in [6.07, 6.45) is 1.54. The second kappa shape index (κ2) is 3.38. The molecule has 2 N–H and O–H groups in total. The van der Waals surface area contributed by atoms with Crippen molar-refractivity contribution in [2.45, 2.75) is 19.4 Å². The van der Waals surface area contributed by atoms with E-state index in [1.54, 1.807) is 12.3 Å². The van der Waals surface area contributed by atoms with Crippen molar-refractivity contribution < 1.29 is 4.74 Å². The Morgan fingerprint density at radius 1 is 1.53 bits per heavy atom. The number of anilines is 1. The van der Waals surface area contributed by atoms with Crippen LogP contribution in [-0.4, -0.2) is 23.0 Å². The minimum absolute atomic E-state index is 0.276. The molecule has 0 bridgehead atoms. The number of pyridine rings is 1. The highest BCUT2D eigenvalue weighted by Crippen LogP contribution is 2.24. The SMILES string of the molecule is CC1(C)CN=C(c2ncc(N)cc2Cl)O1. The van der Waals surface area contributed by atoms with Crippen LogP contribution in [0.3, 0.4) is 0 Å². The van der Waals surface area contributed by atoms with E-state index in [0.717, 1.165) is 0 Å². The van der Waals surface area contributed by atoms with Crippen LogP contribution >= 0.6 is 11.6 Å². The fraction of sp³-hybridized carbons (Fsp3) is 0.400. The Hall–Kier alpha value is -1.29. The molecular formula is C10H12ClN3O. The Bertz CT molecular complexity index is 429. The summed E-state index contributed by atoms with van der Waals surface area (Å²) in [5.41, 5.74) is 6.36. The van der Waals surface area contributed by atoms with Gasteiger partial charge >= 0.3 is 0 Å². The number of nitrogens with two attached hydrogens (primary N) is 1.